The summed E-state index contributed by atoms with van der Waals surface area (Å²) in [6.45, 7) is 0.476. The zero-order chi connectivity index (χ0) is 11.5. The molecule has 0 aliphatic carbocycles. The highest BCUT2D eigenvalue weighted by Crippen LogP contribution is 2.26. The fourth-order valence-electron chi connectivity index (χ4n) is 1.50. The van der Waals surface area contributed by atoms with Crippen molar-refractivity contribution in [2.24, 2.45) is 5.73 Å². The van der Waals surface area contributed by atoms with Gasteiger partial charge in [0.15, 0.2) is 0 Å². The summed E-state index contributed by atoms with van der Waals surface area (Å²) < 4.78 is 0.951. The van der Waals surface area contributed by atoms with Gasteiger partial charge in [0.05, 0.1) is 5.69 Å². The zero-order valence-electron chi connectivity index (χ0n) is 8.45. The van der Waals surface area contributed by atoms with Gasteiger partial charge in [0.1, 0.15) is 0 Å². The van der Waals surface area contributed by atoms with Crippen LogP contribution in [0.2, 0.25) is 5.02 Å². The predicted molar refractivity (Wildman–Crippen MR) is 70.3 cm³/mol. The van der Waals surface area contributed by atoms with Gasteiger partial charge < -0.3 is 5.73 Å². The number of hydrogen-bond donors (Lipinski definition) is 1. The minimum absolute atomic E-state index is 0.476. The Morgan fingerprint density at radius 3 is 2.69 bits per heavy atom. The Morgan fingerprint density at radius 2 is 2.06 bits per heavy atom. The van der Waals surface area contributed by atoms with Gasteiger partial charge in [-0.05, 0) is 45.8 Å². The van der Waals surface area contributed by atoms with Crippen molar-refractivity contribution in [1.29, 1.82) is 0 Å². The smallest absolute Gasteiger partial charge is 0.0706 e. The largest absolute Gasteiger partial charge is 0.326 e. The van der Waals surface area contributed by atoms with Gasteiger partial charge in [-0.25, -0.2) is 0 Å². The zero-order valence-corrected chi connectivity index (χ0v) is 10.8. The minimum atomic E-state index is 0.476. The van der Waals surface area contributed by atoms with Crippen LogP contribution in [0.25, 0.3) is 11.3 Å². The molecule has 82 valence electrons. The summed E-state index contributed by atoms with van der Waals surface area (Å²) in [5, 5.41) is 0.692. The van der Waals surface area contributed by atoms with Crippen LogP contribution >= 0.6 is 27.5 Å². The van der Waals surface area contributed by atoms with Gasteiger partial charge in [0, 0.05) is 27.8 Å². The van der Waals surface area contributed by atoms with E-state index >= 15 is 0 Å². The maximum Gasteiger partial charge on any atom is 0.0706 e. The van der Waals surface area contributed by atoms with E-state index in [9.17, 15) is 0 Å². The summed E-state index contributed by atoms with van der Waals surface area (Å²) >= 11 is 9.33. The van der Waals surface area contributed by atoms with Crippen molar-refractivity contribution in [3.8, 4) is 11.3 Å². The molecule has 0 radical (unpaired) electrons. The number of benzene rings is 1. The normalized spacial score (nSPS) is 10.4. The second kappa shape index (κ2) is 4.95. The van der Waals surface area contributed by atoms with Crippen molar-refractivity contribution >= 4 is 27.5 Å². The standard InChI is InChI=1S/C12H10BrClN2/c13-9-2-4-12(16-7-9)11-5-10(14)3-1-8(11)6-15/h1-5,7H,6,15H2. The van der Waals surface area contributed by atoms with E-state index in [4.69, 9.17) is 17.3 Å². The molecule has 1 heterocycles. The van der Waals surface area contributed by atoms with E-state index in [-0.39, 0.29) is 0 Å². The molecule has 0 atom stereocenters. The number of rotatable bonds is 2. The fourth-order valence-corrected chi connectivity index (χ4v) is 1.91. The van der Waals surface area contributed by atoms with E-state index in [1.807, 2.05) is 30.3 Å². The maximum atomic E-state index is 5.98. The molecule has 2 N–H and O–H groups in total. The molecular weight excluding hydrogens is 288 g/mol. The van der Waals surface area contributed by atoms with E-state index in [0.29, 0.717) is 11.6 Å². The van der Waals surface area contributed by atoms with Crippen molar-refractivity contribution in [3.63, 3.8) is 0 Å². The molecule has 0 aliphatic heterocycles. The van der Waals surface area contributed by atoms with Gasteiger partial charge in [-0.2, -0.15) is 0 Å². The molecule has 0 unspecified atom stereocenters. The van der Waals surface area contributed by atoms with Crippen LogP contribution in [0.15, 0.2) is 41.0 Å². The Bertz CT molecular complexity index is 497. The van der Waals surface area contributed by atoms with Crippen LogP contribution < -0.4 is 5.73 Å². The van der Waals surface area contributed by atoms with Crippen LogP contribution in [0.1, 0.15) is 5.56 Å². The molecule has 0 amide bonds. The molecule has 0 saturated carbocycles. The quantitative estimate of drug-likeness (QED) is 0.919. The Hall–Kier alpha value is -0.900. The van der Waals surface area contributed by atoms with E-state index < -0.39 is 0 Å². The summed E-state index contributed by atoms with van der Waals surface area (Å²) in [6.07, 6.45) is 1.76. The van der Waals surface area contributed by atoms with E-state index in [1.54, 1.807) is 6.20 Å². The lowest BCUT2D eigenvalue weighted by atomic mass is 10.0. The SMILES string of the molecule is NCc1ccc(Cl)cc1-c1ccc(Br)cn1. The Balaban J connectivity index is 2.53. The molecule has 2 rings (SSSR count). The number of pyridine rings is 1. The maximum absolute atomic E-state index is 5.98. The molecule has 0 aliphatic rings. The third kappa shape index (κ3) is 2.43. The molecule has 1 aromatic carbocycles. The molecule has 16 heavy (non-hydrogen) atoms. The molecule has 0 bridgehead atoms. The van der Waals surface area contributed by atoms with Gasteiger partial charge in [-0.3, -0.25) is 4.98 Å². The number of nitrogens with two attached hydrogens (primary N) is 1. The van der Waals surface area contributed by atoms with Crippen molar-refractivity contribution in [3.05, 3.63) is 51.6 Å². The monoisotopic (exact) mass is 296 g/mol. The van der Waals surface area contributed by atoms with Gasteiger partial charge in [-0.1, -0.05) is 17.7 Å². The molecule has 2 nitrogen and oxygen atoms in total. The summed E-state index contributed by atoms with van der Waals surface area (Å²) in [5.41, 5.74) is 8.60. The predicted octanol–water partition coefficient (Wildman–Crippen LogP) is 3.62. The lowest BCUT2D eigenvalue weighted by molar-refractivity contribution is 1.07. The molecule has 0 spiro atoms. The van der Waals surface area contributed by atoms with Crippen molar-refractivity contribution in [1.82, 2.24) is 4.98 Å². The average Bonchev–Trinajstić information content (AvgIpc) is 2.30. The van der Waals surface area contributed by atoms with Crippen LogP contribution in [0, 0.1) is 0 Å². The Kier molecular flexibility index (Phi) is 3.59. The molecule has 4 heteroatoms. The van der Waals surface area contributed by atoms with Crippen LogP contribution in [0.3, 0.4) is 0 Å². The van der Waals surface area contributed by atoms with Gasteiger partial charge in [0.2, 0.25) is 0 Å². The van der Waals surface area contributed by atoms with Crippen LogP contribution in [0.4, 0.5) is 0 Å². The number of hydrogen-bond acceptors (Lipinski definition) is 2. The molecule has 2 aromatic rings. The lowest BCUT2D eigenvalue weighted by Gasteiger charge is -2.07. The van der Waals surface area contributed by atoms with Crippen molar-refractivity contribution < 1.29 is 0 Å². The second-order valence-electron chi connectivity index (χ2n) is 3.37. The highest BCUT2D eigenvalue weighted by atomic mass is 79.9. The van der Waals surface area contributed by atoms with E-state index in [2.05, 4.69) is 20.9 Å². The highest BCUT2D eigenvalue weighted by Gasteiger charge is 2.05. The number of nitrogens with zero attached hydrogens (tertiary/aromatic N) is 1. The molecular formula is C12H10BrClN2. The molecule has 0 saturated heterocycles. The first kappa shape index (κ1) is 11.6. The summed E-state index contributed by atoms with van der Waals surface area (Å²) in [4.78, 5) is 4.34. The van der Waals surface area contributed by atoms with Crippen molar-refractivity contribution in [2.75, 3.05) is 0 Å². The fraction of sp³-hybridized carbons (Fsp3) is 0.0833. The van der Waals surface area contributed by atoms with Gasteiger partial charge in [0.25, 0.3) is 0 Å². The summed E-state index contributed by atoms with van der Waals surface area (Å²) in [5.74, 6) is 0. The second-order valence-corrected chi connectivity index (χ2v) is 4.72. The van der Waals surface area contributed by atoms with Crippen LogP contribution in [-0.4, -0.2) is 4.98 Å². The van der Waals surface area contributed by atoms with Crippen LogP contribution in [-0.2, 0) is 6.54 Å². The first-order valence-electron chi connectivity index (χ1n) is 4.81. The Morgan fingerprint density at radius 1 is 1.25 bits per heavy atom. The highest BCUT2D eigenvalue weighted by molar-refractivity contribution is 9.10. The summed E-state index contributed by atoms with van der Waals surface area (Å²) in [6, 6.07) is 9.55. The minimum Gasteiger partial charge on any atom is -0.326 e. The Labute approximate surface area is 108 Å². The first-order chi connectivity index (χ1) is 7.70. The lowest BCUT2D eigenvalue weighted by Crippen LogP contribution is -1.99. The third-order valence-corrected chi connectivity index (χ3v) is 3.00. The number of halogens is 2. The number of aromatic nitrogens is 1. The third-order valence-electron chi connectivity index (χ3n) is 2.30. The van der Waals surface area contributed by atoms with Gasteiger partial charge in [-0.15, -0.1) is 0 Å². The average molecular weight is 298 g/mol. The van der Waals surface area contributed by atoms with Crippen LogP contribution in [0.5, 0.6) is 0 Å². The summed E-state index contributed by atoms with van der Waals surface area (Å²) in [7, 11) is 0. The first-order valence-corrected chi connectivity index (χ1v) is 5.98. The van der Waals surface area contributed by atoms with Crippen molar-refractivity contribution in [2.45, 2.75) is 6.54 Å². The molecule has 1 aromatic heterocycles. The topological polar surface area (TPSA) is 38.9 Å². The molecule has 0 fully saturated rings. The van der Waals surface area contributed by atoms with E-state index in [0.717, 1.165) is 21.3 Å². The van der Waals surface area contributed by atoms with Gasteiger partial charge >= 0.3 is 0 Å². The van der Waals surface area contributed by atoms with E-state index in [1.165, 1.54) is 0 Å².